The number of hydrogen-bond donors (Lipinski definition) is 2. The summed E-state index contributed by atoms with van der Waals surface area (Å²) in [6.45, 7) is 2.84. The van der Waals surface area contributed by atoms with Crippen LogP contribution < -0.4 is 19.5 Å². The number of ether oxygens (including phenoxy) is 2. The molecule has 0 heterocycles. The first-order chi connectivity index (χ1) is 14.8. The lowest BCUT2D eigenvalue weighted by Gasteiger charge is -2.12. The van der Waals surface area contributed by atoms with Crippen molar-refractivity contribution >= 4 is 33.6 Å². The molecule has 0 unspecified atom stereocenters. The van der Waals surface area contributed by atoms with Gasteiger partial charge in [0, 0.05) is 12.6 Å². The first-order valence-corrected chi connectivity index (χ1v) is 11.8. The van der Waals surface area contributed by atoms with E-state index in [4.69, 9.17) is 21.1 Å². The lowest BCUT2D eigenvalue weighted by Crippen LogP contribution is -2.21. The Morgan fingerprint density at radius 2 is 1.84 bits per heavy atom. The third kappa shape index (κ3) is 7.90. The molecule has 0 aromatic heterocycles. The second-order valence-electron chi connectivity index (χ2n) is 6.71. The molecule has 0 aliphatic rings. The Balaban J connectivity index is 1.96. The summed E-state index contributed by atoms with van der Waals surface area (Å²) in [6.07, 6.45) is 3.89. The van der Waals surface area contributed by atoms with Gasteiger partial charge in [0.2, 0.25) is 15.9 Å². The largest absolute Gasteiger partial charge is 0.493 e. The second kappa shape index (κ2) is 11.7. The van der Waals surface area contributed by atoms with Crippen LogP contribution in [0.25, 0.3) is 6.08 Å². The summed E-state index contributed by atoms with van der Waals surface area (Å²) in [7, 11) is -0.403. The Hall–Kier alpha value is -2.55. The van der Waals surface area contributed by atoms with Crippen LogP contribution in [0.1, 0.15) is 30.0 Å². The van der Waals surface area contributed by atoms with Crippen molar-refractivity contribution in [2.75, 3.05) is 20.8 Å². The van der Waals surface area contributed by atoms with Crippen LogP contribution in [0.15, 0.2) is 42.5 Å². The summed E-state index contributed by atoms with van der Waals surface area (Å²) in [5, 5.41) is 3.20. The molecule has 1 amide bonds. The summed E-state index contributed by atoms with van der Waals surface area (Å²) in [5.74, 6) is 0.621. The minimum absolute atomic E-state index is 0.0901. The number of benzene rings is 2. The predicted molar refractivity (Wildman–Crippen MR) is 123 cm³/mol. The maximum Gasteiger partial charge on any atom is 0.244 e. The Labute approximate surface area is 188 Å². The van der Waals surface area contributed by atoms with Crippen LogP contribution in [-0.4, -0.2) is 35.1 Å². The monoisotopic (exact) mass is 466 g/mol. The smallest absolute Gasteiger partial charge is 0.244 e. The number of methoxy groups -OCH3 is 1. The zero-order valence-electron chi connectivity index (χ0n) is 17.8. The van der Waals surface area contributed by atoms with E-state index in [1.54, 1.807) is 42.5 Å². The molecule has 2 N–H and O–H groups in total. The van der Waals surface area contributed by atoms with Crippen LogP contribution in [0.5, 0.6) is 11.5 Å². The highest BCUT2D eigenvalue weighted by Gasteiger charge is 2.11. The summed E-state index contributed by atoms with van der Waals surface area (Å²) >= 11 is 6.29. The van der Waals surface area contributed by atoms with Gasteiger partial charge >= 0.3 is 0 Å². The summed E-state index contributed by atoms with van der Waals surface area (Å²) < 4.78 is 36.4. The highest BCUT2D eigenvalue weighted by atomic mass is 35.5. The molecule has 0 saturated heterocycles. The predicted octanol–water partition coefficient (Wildman–Crippen LogP) is 3.52. The fourth-order valence-corrected chi connectivity index (χ4v) is 3.69. The van der Waals surface area contributed by atoms with Gasteiger partial charge in [0.15, 0.2) is 11.5 Å². The normalized spacial score (nSPS) is 11.5. The van der Waals surface area contributed by atoms with E-state index in [1.165, 1.54) is 20.2 Å². The summed E-state index contributed by atoms with van der Waals surface area (Å²) in [5.41, 5.74) is 2.23. The van der Waals surface area contributed by atoms with Crippen LogP contribution in [0.4, 0.5) is 0 Å². The molecule has 2 aromatic rings. The number of sulfonamides is 1. The molecule has 31 heavy (non-hydrogen) atoms. The Kier molecular flexibility index (Phi) is 9.36. The number of hydrogen-bond acceptors (Lipinski definition) is 5. The molecule has 2 rings (SSSR count). The van der Waals surface area contributed by atoms with E-state index >= 15 is 0 Å². The van der Waals surface area contributed by atoms with E-state index in [0.717, 1.165) is 12.0 Å². The quantitative estimate of drug-likeness (QED) is 0.494. The van der Waals surface area contributed by atoms with Crippen LogP contribution in [-0.2, 0) is 27.1 Å². The average Bonchev–Trinajstić information content (AvgIpc) is 2.75. The molecule has 9 heteroatoms. The Bertz CT molecular complexity index is 1020. The fourth-order valence-electron chi connectivity index (χ4n) is 2.65. The third-order valence-corrected chi connectivity index (χ3v) is 5.90. The van der Waals surface area contributed by atoms with E-state index in [2.05, 4.69) is 10.0 Å². The van der Waals surface area contributed by atoms with Gasteiger partial charge in [-0.3, -0.25) is 4.79 Å². The highest BCUT2D eigenvalue weighted by molar-refractivity contribution is 7.88. The van der Waals surface area contributed by atoms with Gasteiger partial charge in [0.05, 0.1) is 24.5 Å². The van der Waals surface area contributed by atoms with Gasteiger partial charge in [0.25, 0.3) is 0 Å². The molecule has 0 spiro atoms. The molecule has 0 fully saturated rings. The molecule has 2 aromatic carbocycles. The molecule has 7 nitrogen and oxygen atoms in total. The first-order valence-electron chi connectivity index (χ1n) is 9.73. The maximum atomic E-state index is 12.2. The lowest BCUT2D eigenvalue weighted by atomic mass is 10.1. The van der Waals surface area contributed by atoms with Crippen LogP contribution >= 0.6 is 11.6 Å². The van der Waals surface area contributed by atoms with Crippen molar-refractivity contribution in [3.63, 3.8) is 0 Å². The fraction of sp³-hybridized carbons (Fsp3) is 0.318. The van der Waals surface area contributed by atoms with Crippen LogP contribution in [0.3, 0.4) is 0 Å². The average molecular weight is 467 g/mol. The van der Waals surface area contributed by atoms with Crippen molar-refractivity contribution in [3.05, 3.63) is 64.2 Å². The van der Waals surface area contributed by atoms with Crippen molar-refractivity contribution in [1.82, 2.24) is 10.0 Å². The van der Waals surface area contributed by atoms with Gasteiger partial charge in [-0.2, -0.15) is 0 Å². The Morgan fingerprint density at radius 1 is 1.16 bits per heavy atom. The summed E-state index contributed by atoms with van der Waals surface area (Å²) in [4.78, 5) is 12.2. The molecular weight excluding hydrogens is 440 g/mol. The van der Waals surface area contributed by atoms with E-state index in [9.17, 15) is 13.2 Å². The number of carbonyl (C=O) groups is 1. The zero-order valence-corrected chi connectivity index (χ0v) is 19.3. The zero-order chi connectivity index (χ0) is 22.9. The standard InChI is InChI=1S/C22H27ClN2O5S/c1-4-11-30-22-19(23)12-18(13-20(22)29-3)9-10-21(26)25-14-16-5-7-17(8-6-16)15-31(27,28)24-2/h5-10,12-13,24H,4,11,14-15H2,1-3H3,(H,25,26)/b10-9+. The van der Waals surface area contributed by atoms with Crippen LogP contribution in [0, 0.1) is 0 Å². The van der Waals surface area contributed by atoms with Crippen molar-refractivity contribution in [1.29, 1.82) is 0 Å². The topological polar surface area (TPSA) is 93.7 Å². The molecular formula is C22H27ClN2O5S. The van der Waals surface area contributed by atoms with Gasteiger partial charge < -0.3 is 14.8 Å². The maximum absolute atomic E-state index is 12.2. The number of halogens is 1. The van der Waals surface area contributed by atoms with Crippen molar-refractivity contribution in [2.24, 2.45) is 0 Å². The minimum atomic E-state index is -3.32. The molecule has 0 atom stereocenters. The molecule has 168 valence electrons. The number of rotatable bonds is 11. The Morgan fingerprint density at radius 3 is 2.45 bits per heavy atom. The van der Waals surface area contributed by atoms with E-state index < -0.39 is 10.0 Å². The second-order valence-corrected chi connectivity index (χ2v) is 9.05. The molecule has 0 radical (unpaired) electrons. The lowest BCUT2D eigenvalue weighted by molar-refractivity contribution is -0.116. The highest BCUT2D eigenvalue weighted by Crippen LogP contribution is 2.36. The van der Waals surface area contributed by atoms with Crippen molar-refractivity contribution in [3.8, 4) is 11.5 Å². The van der Waals surface area contributed by atoms with Crippen molar-refractivity contribution < 1.29 is 22.7 Å². The first kappa shape index (κ1) is 24.7. The SMILES string of the molecule is CCCOc1c(Cl)cc(/C=C/C(=O)NCc2ccc(CS(=O)(=O)NC)cc2)cc1OC. The van der Waals surface area contributed by atoms with Crippen LogP contribution in [0.2, 0.25) is 5.02 Å². The van der Waals surface area contributed by atoms with Gasteiger partial charge in [-0.15, -0.1) is 0 Å². The number of nitrogens with one attached hydrogen (secondary N) is 2. The van der Waals surface area contributed by atoms with E-state index in [-0.39, 0.29) is 11.7 Å². The van der Waals surface area contributed by atoms with Crippen molar-refractivity contribution in [2.45, 2.75) is 25.6 Å². The van der Waals surface area contributed by atoms with Gasteiger partial charge in [-0.1, -0.05) is 42.8 Å². The van der Waals surface area contributed by atoms with Gasteiger partial charge in [0.1, 0.15) is 0 Å². The van der Waals surface area contributed by atoms with E-state index in [1.807, 2.05) is 6.92 Å². The van der Waals surface area contributed by atoms with Gasteiger partial charge in [-0.05, 0) is 48.4 Å². The molecule has 0 bridgehead atoms. The van der Waals surface area contributed by atoms with Gasteiger partial charge in [-0.25, -0.2) is 13.1 Å². The van der Waals surface area contributed by atoms with E-state index in [0.29, 0.717) is 40.8 Å². The summed E-state index contributed by atoms with van der Waals surface area (Å²) in [6, 6.07) is 10.5. The number of amides is 1. The minimum Gasteiger partial charge on any atom is -0.493 e. The third-order valence-electron chi connectivity index (χ3n) is 4.29. The molecule has 0 aliphatic heterocycles. The molecule has 0 aliphatic carbocycles. The number of carbonyl (C=O) groups excluding carboxylic acids is 1. The molecule has 0 saturated carbocycles.